The molecular weight excluding hydrogens is 202 g/mol. The summed E-state index contributed by atoms with van der Waals surface area (Å²) in [7, 11) is 1.57. The number of nitrogens with two attached hydrogens (primary N) is 1. The SMILES string of the molecule is COc1ccc(C(=O)CN)cc1CCl. The van der Waals surface area contributed by atoms with Gasteiger partial charge >= 0.3 is 0 Å². The first kappa shape index (κ1) is 11.0. The number of benzene rings is 1. The molecular formula is C10H12ClNO2. The summed E-state index contributed by atoms with van der Waals surface area (Å²) in [6, 6.07) is 5.12. The van der Waals surface area contributed by atoms with Gasteiger partial charge in [-0.05, 0) is 18.2 Å². The van der Waals surface area contributed by atoms with Gasteiger partial charge < -0.3 is 10.5 Å². The number of Topliss-reactive ketones (excluding diaryl/α,β-unsaturated/α-hetero) is 1. The number of carbonyl (C=O) groups excluding carboxylic acids is 1. The Labute approximate surface area is 87.8 Å². The van der Waals surface area contributed by atoms with Crippen molar-refractivity contribution < 1.29 is 9.53 Å². The van der Waals surface area contributed by atoms with Gasteiger partial charge in [-0.1, -0.05) is 0 Å². The molecule has 1 aromatic carbocycles. The molecule has 1 rings (SSSR count). The number of hydrogen-bond donors (Lipinski definition) is 1. The van der Waals surface area contributed by atoms with Crippen LogP contribution in [0.4, 0.5) is 0 Å². The Bertz CT molecular complexity index is 339. The largest absolute Gasteiger partial charge is 0.496 e. The van der Waals surface area contributed by atoms with E-state index >= 15 is 0 Å². The zero-order valence-electron chi connectivity index (χ0n) is 7.92. The zero-order chi connectivity index (χ0) is 10.6. The summed E-state index contributed by atoms with van der Waals surface area (Å²) in [6.45, 7) is 0.00799. The van der Waals surface area contributed by atoms with Gasteiger partial charge in [0.15, 0.2) is 5.78 Å². The molecule has 0 heterocycles. The second-order valence-electron chi connectivity index (χ2n) is 2.79. The Morgan fingerprint density at radius 2 is 2.29 bits per heavy atom. The lowest BCUT2D eigenvalue weighted by molar-refractivity contribution is 0.100. The van der Waals surface area contributed by atoms with Crippen molar-refractivity contribution in [3.63, 3.8) is 0 Å². The standard InChI is InChI=1S/C10H12ClNO2/c1-14-10-3-2-7(9(13)6-12)4-8(10)5-11/h2-4H,5-6,12H2,1H3. The van der Waals surface area contributed by atoms with Crippen molar-refractivity contribution in [1.82, 2.24) is 0 Å². The van der Waals surface area contributed by atoms with Crippen LogP contribution in [0.5, 0.6) is 5.75 Å². The number of halogens is 1. The molecule has 0 amide bonds. The number of carbonyl (C=O) groups is 1. The van der Waals surface area contributed by atoms with Crippen molar-refractivity contribution in [3.05, 3.63) is 29.3 Å². The maximum Gasteiger partial charge on any atom is 0.176 e. The highest BCUT2D eigenvalue weighted by Crippen LogP contribution is 2.21. The summed E-state index contributed by atoms with van der Waals surface area (Å²) in [6.07, 6.45) is 0. The molecule has 0 atom stereocenters. The fraction of sp³-hybridized carbons (Fsp3) is 0.300. The summed E-state index contributed by atoms with van der Waals surface area (Å²) in [5, 5.41) is 0. The van der Waals surface area contributed by atoms with Crippen LogP contribution >= 0.6 is 11.6 Å². The topological polar surface area (TPSA) is 52.3 Å². The smallest absolute Gasteiger partial charge is 0.176 e. The molecule has 0 saturated carbocycles. The Morgan fingerprint density at radius 3 is 2.79 bits per heavy atom. The Morgan fingerprint density at radius 1 is 1.57 bits per heavy atom. The minimum atomic E-state index is -0.0981. The molecule has 2 N–H and O–H groups in total. The average Bonchev–Trinajstić information content (AvgIpc) is 2.26. The molecule has 4 heteroatoms. The molecule has 14 heavy (non-hydrogen) atoms. The van der Waals surface area contributed by atoms with Gasteiger partial charge in [0.25, 0.3) is 0 Å². The van der Waals surface area contributed by atoms with E-state index in [9.17, 15) is 4.79 Å². The minimum absolute atomic E-state index is 0.00799. The third-order valence-corrected chi connectivity index (χ3v) is 2.22. The molecule has 76 valence electrons. The number of hydrogen-bond acceptors (Lipinski definition) is 3. The lowest BCUT2D eigenvalue weighted by atomic mass is 10.1. The van der Waals surface area contributed by atoms with E-state index in [4.69, 9.17) is 22.1 Å². The summed E-state index contributed by atoms with van der Waals surface area (Å²) in [4.78, 5) is 11.3. The van der Waals surface area contributed by atoms with Crippen LogP contribution in [0.3, 0.4) is 0 Å². The average molecular weight is 214 g/mol. The number of ketones is 1. The zero-order valence-corrected chi connectivity index (χ0v) is 8.67. The molecule has 0 aliphatic rings. The van der Waals surface area contributed by atoms with E-state index in [-0.39, 0.29) is 12.3 Å². The van der Waals surface area contributed by atoms with E-state index in [0.29, 0.717) is 17.2 Å². The molecule has 0 fully saturated rings. The summed E-state index contributed by atoms with van der Waals surface area (Å²) >= 11 is 5.71. The molecule has 0 aromatic heterocycles. The van der Waals surface area contributed by atoms with Crippen molar-refractivity contribution in [2.24, 2.45) is 5.73 Å². The van der Waals surface area contributed by atoms with Crippen LogP contribution < -0.4 is 10.5 Å². The van der Waals surface area contributed by atoms with E-state index in [2.05, 4.69) is 0 Å². The Kier molecular flexibility index (Phi) is 3.92. The predicted octanol–water partition coefficient (Wildman–Crippen LogP) is 1.58. The van der Waals surface area contributed by atoms with Crippen LogP contribution in [-0.4, -0.2) is 19.4 Å². The van der Waals surface area contributed by atoms with E-state index in [0.717, 1.165) is 5.56 Å². The first-order valence-electron chi connectivity index (χ1n) is 4.19. The first-order chi connectivity index (χ1) is 6.72. The number of alkyl halides is 1. The highest BCUT2D eigenvalue weighted by atomic mass is 35.5. The van der Waals surface area contributed by atoms with Gasteiger partial charge in [0, 0.05) is 11.1 Å². The van der Waals surface area contributed by atoms with E-state index in [1.807, 2.05) is 0 Å². The first-order valence-corrected chi connectivity index (χ1v) is 4.72. The molecule has 0 spiro atoms. The quantitative estimate of drug-likeness (QED) is 0.610. The lowest BCUT2D eigenvalue weighted by Crippen LogP contribution is -2.13. The van der Waals surface area contributed by atoms with Crippen molar-refractivity contribution in [1.29, 1.82) is 0 Å². The molecule has 0 bridgehead atoms. The summed E-state index contributed by atoms with van der Waals surface area (Å²) < 4.78 is 5.08. The molecule has 0 saturated heterocycles. The van der Waals surface area contributed by atoms with Crippen LogP contribution in [0, 0.1) is 0 Å². The highest BCUT2D eigenvalue weighted by molar-refractivity contribution is 6.17. The van der Waals surface area contributed by atoms with Gasteiger partial charge in [0.2, 0.25) is 0 Å². The fourth-order valence-corrected chi connectivity index (χ4v) is 1.38. The second kappa shape index (κ2) is 4.98. The van der Waals surface area contributed by atoms with Crippen LogP contribution in [-0.2, 0) is 5.88 Å². The normalized spacial score (nSPS) is 9.93. The predicted molar refractivity (Wildman–Crippen MR) is 55.9 cm³/mol. The monoisotopic (exact) mass is 213 g/mol. The van der Waals surface area contributed by atoms with Crippen molar-refractivity contribution in [2.75, 3.05) is 13.7 Å². The second-order valence-corrected chi connectivity index (χ2v) is 3.05. The lowest BCUT2D eigenvalue weighted by Gasteiger charge is -2.07. The van der Waals surface area contributed by atoms with Gasteiger partial charge in [-0.15, -0.1) is 11.6 Å². The maximum atomic E-state index is 11.3. The number of methoxy groups -OCH3 is 1. The highest BCUT2D eigenvalue weighted by Gasteiger charge is 2.07. The molecule has 0 unspecified atom stereocenters. The maximum absolute atomic E-state index is 11.3. The van der Waals surface area contributed by atoms with Gasteiger partial charge in [0.05, 0.1) is 19.5 Å². The summed E-state index contributed by atoms with van der Waals surface area (Å²) in [5.41, 5.74) is 6.62. The van der Waals surface area contributed by atoms with Gasteiger partial charge in [-0.3, -0.25) is 4.79 Å². The van der Waals surface area contributed by atoms with E-state index in [1.54, 1.807) is 25.3 Å². The molecule has 1 aromatic rings. The minimum Gasteiger partial charge on any atom is -0.496 e. The Hall–Kier alpha value is -1.06. The Balaban J connectivity index is 3.07. The van der Waals surface area contributed by atoms with Crippen LogP contribution in [0.15, 0.2) is 18.2 Å². The van der Waals surface area contributed by atoms with Gasteiger partial charge in [-0.2, -0.15) is 0 Å². The van der Waals surface area contributed by atoms with E-state index < -0.39 is 0 Å². The van der Waals surface area contributed by atoms with Crippen molar-refractivity contribution >= 4 is 17.4 Å². The number of ether oxygens (including phenoxy) is 1. The molecule has 0 aliphatic heterocycles. The van der Waals surface area contributed by atoms with Gasteiger partial charge in [0.1, 0.15) is 5.75 Å². The van der Waals surface area contributed by atoms with Crippen LogP contribution in [0.25, 0.3) is 0 Å². The van der Waals surface area contributed by atoms with E-state index in [1.165, 1.54) is 0 Å². The van der Waals surface area contributed by atoms with Crippen LogP contribution in [0.1, 0.15) is 15.9 Å². The van der Waals surface area contributed by atoms with Crippen LogP contribution in [0.2, 0.25) is 0 Å². The molecule has 3 nitrogen and oxygen atoms in total. The molecule has 0 aliphatic carbocycles. The van der Waals surface area contributed by atoms with Crippen molar-refractivity contribution in [2.45, 2.75) is 5.88 Å². The molecule has 0 radical (unpaired) electrons. The number of rotatable bonds is 4. The van der Waals surface area contributed by atoms with Crippen molar-refractivity contribution in [3.8, 4) is 5.75 Å². The third kappa shape index (κ3) is 2.25. The summed E-state index contributed by atoms with van der Waals surface area (Å²) in [5.74, 6) is 0.905. The fourth-order valence-electron chi connectivity index (χ4n) is 1.17. The van der Waals surface area contributed by atoms with Gasteiger partial charge in [-0.25, -0.2) is 0 Å². The third-order valence-electron chi connectivity index (χ3n) is 1.93.